The molecule has 1 heterocycles. The van der Waals surface area contributed by atoms with Gasteiger partial charge in [0.25, 0.3) is 10.0 Å². The minimum absolute atomic E-state index is 0.0276. The molecule has 0 radical (unpaired) electrons. The van der Waals surface area contributed by atoms with E-state index in [2.05, 4.69) is 4.72 Å². The van der Waals surface area contributed by atoms with Gasteiger partial charge < -0.3 is 4.74 Å². The Morgan fingerprint density at radius 3 is 2.48 bits per heavy atom. The number of carbonyl (C=O) groups is 1. The van der Waals surface area contributed by atoms with Crippen molar-refractivity contribution in [1.82, 2.24) is 0 Å². The summed E-state index contributed by atoms with van der Waals surface area (Å²) >= 11 is 0. The number of hydrogen-bond acceptors (Lipinski definition) is 6. The maximum absolute atomic E-state index is 13.4. The van der Waals surface area contributed by atoms with E-state index in [9.17, 15) is 21.6 Å². The Balaban J connectivity index is 2.13. The van der Waals surface area contributed by atoms with Crippen molar-refractivity contribution in [2.75, 3.05) is 21.4 Å². The second kappa shape index (κ2) is 8.51. The number of ether oxygens (including phenoxy) is 1. The molecule has 10 heteroatoms. The van der Waals surface area contributed by atoms with E-state index in [4.69, 9.17) is 4.74 Å². The van der Waals surface area contributed by atoms with Crippen molar-refractivity contribution >= 4 is 37.3 Å². The van der Waals surface area contributed by atoms with Crippen LogP contribution < -0.4 is 13.8 Å². The van der Waals surface area contributed by atoms with E-state index in [0.29, 0.717) is 9.99 Å². The molecule has 1 amide bonds. The molecule has 0 atom stereocenters. The Morgan fingerprint density at radius 2 is 1.90 bits per heavy atom. The van der Waals surface area contributed by atoms with Crippen LogP contribution in [0.1, 0.15) is 44.2 Å². The predicted molar refractivity (Wildman–Crippen MR) is 120 cm³/mol. The van der Waals surface area contributed by atoms with Gasteiger partial charge in [-0.15, -0.1) is 0 Å². The summed E-state index contributed by atoms with van der Waals surface area (Å²) in [7, 11) is -7.99. The first-order valence-electron chi connectivity index (χ1n) is 9.93. The van der Waals surface area contributed by atoms with E-state index >= 15 is 0 Å². The summed E-state index contributed by atoms with van der Waals surface area (Å²) in [5.41, 5.74) is 2.02. The first-order valence-corrected chi connectivity index (χ1v) is 13.0. The van der Waals surface area contributed by atoms with Gasteiger partial charge in [-0.1, -0.05) is 32.0 Å². The Hall–Kier alpha value is -2.59. The molecule has 1 saturated heterocycles. The molecule has 8 nitrogen and oxygen atoms in total. The van der Waals surface area contributed by atoms with E-state index in [1.165, 1.54) is 18.2 Å². The lowest BCUT2D eigenvalue weighted by atomic mass is 9.99. The fourth-order valence-corrected chi connectivity index (χ4v) is 6.25. The molecule has 1 aliphatic heterocycles. The van der Waals surface area contributed by atoms with Crippen molar-refractivity contribution in [2.24, 2.45) is 0 Å². The normalized spacial score (nSPS) is 16.0. The van der Waals surface area contributed by atoms with Crippen LogP contribution in [0.5, 0.6) is 5.75 Å². The lowest BCUT2D eigenvalue weighted by molar-refractivity contribution is -0.116. The Morgan fingerprint density at radius 1 is 1.19 bits per heavy atom. The number of nitrogens with zero attached hydrogens (tertiary/aromatic N) is 1. The summed E-state index contributed by atoms with van der Waals surface area (Å²) in [4.78, 5) is 11.9. The van der Waals surface area contributed by atoms with Gasteiger partial charge in [-0.25, -0.2) is 21.1 Å². The molecule has 0 saturated carbocycles. The lowest BCUT2D eigenvalue weighted by Gasteiger charge is -2.20. The van der Waals surface area contributed by atoms with E-state index < -0.39 is 26.0 Å². The first kappa shape index (κ1) is 23.1. The second-order valence-electron chi connectivity index (χ2n) is 7.59. The van der Waals surface area contributed by atoms with Crippen LogP contribution in [0.25, 0.3) is 0 Å². The molecule has 0 bridgehead atoms. The van der Waals surface area contributed by atoms with Gasteiger partial charge in [0.1, 0.15) is 10.6 Å². The van der Waals surface area contributed by atoms with Gasteiger partial charge in [-0.3, -0.25) is 9.52 Å². The predicted octanol–water partition coefficient (Wildman–Crippen LogP) is 3.38. The minimum Gasteiger partial charge on any atom is -0.492 e. The highest BCUT2D eigenvalue weighted by Crippen LogP contribution is 2.35. The Bertz CT molecular complexity index is 1220. The molecular formula is C21H26N2O6S2. The number of nitrogens with one attached hydrogen (secondary N) is 1. The smallest absolute Gasteiger partial charge is 0.265 e. The number of anilines is 2. The molecule has 0 spiro atoms. The van der Waals surface area contributed by atoms with Gasteiger partial charge >= 0.3 is 0 Å². The molecule has 1 fully saturated rings. The number of hydrogen-bond donors (Lipinski definition) is 1. The fraction of sp³-hybridized carbons (Fsp3) is 0.381. The third-order valence-electron chi connectivity index (χ3n) is 4.99. The largest absolute Gasteiger partial charge is 0.492 e. The van der Waals surface area contributed by atoms with Gasteiger partial charge in [-0.2, -0.15) is 0 Å². The number of aryl methyl sites for hydroxylation is 1. The van der Waals surface area contributed by atoms with E-state index in [0.717, 1.165) is 11.1 Å². The van der Waals surface area contributed by atoms with E-state index in [1.807, 2.05) is 26.0 Å². The topological polar surface area (TPSA) is 110 Å². The van der Waals surface area contributed by atoms with Crippen LogP contribution in [0.3, 0.4) is 0 Å². The summed E-state index contributed by atoms with van der Waals surface area (Å²) in [5.74, 6) is -0.757. The van der Waals surface area contributed by atoms with Crippen LogP contribution >= 0.6 is 0 Å². The molecule has 31 heavy (non-hydrogen) atoms. The molecule has 1 aliphatic rings. The van der Waals surface area contributed by atoms with Gasteiger partial charge in [0.2, 0.25) is 15.9 Å². The molecule has 1 N–H and O–H groups in total. The number of para-hydroxylation sites is 1. The van der Waals surface area contributed by atoms with Gasteiger partial charge in [0.05, 0.1) is 23.7 Å². The summed E-state index contributed by atoms with van der Waals surface area (Å²) < 4.78 is 60.2. The SMILES string of the molecule is CCOc1ccc(N2C(=O)CCS2(=O)=O)cc1S(=O)(=O)Nc1c(C)cccc1C(C)C. The molecule has 2 aromatic rings. The Labute approximate surface area is 183 Å². The highest BCUT2D eigenvalue weighted by atomic mass is 32.2. The summed E-state index contributed by atoms with van der Waals surface area (Å²) in [6, 6.07) is 9.43. The zero-order valence-corrected chi connectivity index (χ0v) is 19.5. The fourth-order valence-electron chi connectivity index (χ4n) is 3.48. The molecule has 0 aromatic heterocycles. The molecule has 168 valence electrons. The zero-order chi connectivity index (χ0) is 23.0. The molecular weight excluding hydrogens is 440 g/mol. The summed E-state index contributed by atoms with van der Waals surface area (Å²) in [5, 5.41) is 0. The zero-order valence-electron chi connectivity index (χ0n) is 17.9. The molecule has 0 aliphatic carbocycles. The first-order chi connectivity index (χ1) is 14.5. The van der Waals surface area contributed by atoms with Crippen molar-refractivity contribution in [2.45, 2.75) is 44.9 Å². The van der Waals surface area contributed by atoms with Crippen LogP contribution in [0, 0.1) is 6.92 Å². The third-order valence-corrected chi connectivity index (χ3v) is 8.05. The standard InChI is InChI=1S/C21H26N2O6S2/c1-5-29-18-10-9-16(23-20(24)11-12-30(23,25)26)13-19(18)31(27,28)22-21-15(4)7-6-8-17(21)14(2)3/h6-10,13-14,22H,5,11-12H2,1-4H3. The van der Waals surface area contributed by atoms with Gasteiger partial charge in [-0.05, 0) is 49.1 Å². The third kappa shape index (κ3) is 4.54. The van der Waals surface area contributed by atoms with Crippen molar-refractivity contribution in [3.63, 3.8) is 0 Å². The van der Waals surface area contributed by atoms with Crippen molar-refractivity contribution < 1.29 is 26.4 Å². The molecule has 3 rings (SSSR count). The number of benzene rings is 2. The van der Waals surface area contributed by atoms with Crippen LogP contribution in [0.15, 0.2) is 41.3 Å². The van der Waals surface area contributed by atoms with Crippen molar-refractivity contribution in [3.8, 4) is 5.75 Å². The summed E-state index contributed by atoms with van der Waals surface area (Å²) in [6.45, 7) is 7.65. The molecule has 0 unspecified atom stereocenters. The maximum atomic E-state index is 13.4. The highest BCUT2D eigenvalue weighted by molar-refractivity contribution is 7.94. The molecule has 2 aromatic carbocycles. The highest BCUT2D eigenvalue weighted by Gasteiger charge is 2.37. The van der Waals surface area contributed by atoms with Crippen molar-refractivity contribution in [1.29, 1.82) is 0 Å². The van der Waals surface area contributed by atoms with Crippen molar-refractivity contribution in [3.05, 3.63) is 47.5 Å². The Kier molecular flexibility index (Phi) is 6.33. The van der Waals surface area contributed by atoms with Crippen LogP contribution in [-0.4, -0.2) is 35.1 Å². The van der Waals surface area contributed by atoms with Gasteiger partial charge in [0, 0.05) is 6.42 Å². The number of carbonyl (C=O) groups excluding carboxylic acids is 1. The second-order valence-corrected chi connectivity index (χ2v) is 11.2. The lowest BCUT2D eigenvalue weighted by Crippen LogP contribution is -2.29. The van der Waals surface area contributed by atoms with Crippen LogP contribution in [0.2, 0.25) is 0 Å². The monoisotopic (exact) mass is 466 g/mol. The number of rotatable bonds is 7. The average Bonchev–Trinajstić information content (AvgIpc) is 2.96. The summed E-state index contributed by atoms with van der Waals surface area (Å²) in [6.07, 6.45) is -0.142. The quantitative estimate of drug-likeness (QED) is 0.670. The van der Waals surface area contributed by atoms with Crippen LogP contribution in [0.4, 0.5) is 11.4 Å². The van der Waals surface area contributed by atoms with Gasteiger partial charge in [0.15, 0.2) is 0 Å². The average molecular weight is 467 g/mol. The maximum Gasteiger partial charge on any atom is 0.265 e. The van der Waals surface area contributed by atoms with E-state index in [-0.39, 0.29) is 41.0 Å². The number of amides is 1. The number of sulfonamides is 2. The van der Waals surface area contributed by atoms with E-state index in [1.54, 1.807) is 19.9 Å². The minimum atomic E-state index is -4.16. The van der Waals surface area contributed by atoms with Crippen LogP contribution in [-0.2, 0) is 24.8 Å².